The lowest BCUT2D eigenvalue weighted by atomic mass is 9.92. The van der Waals surface area contributed by atoms with Crippen molar-refractivity contribution in [2.45, 2.75) is 25.3 Å². The second kappa shape index (κ2) is 2.82. The van der Waals surface area contributed by atoms with E-state index in [0.717, 1.165) is 24.9 Å². The molecule has 0 aliphatic heterocycles. The van der Waals surface area contributed by atoms with Gasteiger partial charge in [0.1, 0.15) is 5.65 Å². The highest BCUT2D eigenvalue weighted by atomic mass is 14.9. The Kier molecular flexibility index (Phi) is 1.61. The average Bonchev–Trinajstić information content (AvgIpc) is 2.56. The normalized spacial score (nSPS) is 21.1. The fourth-order valence-corrected chi connectivity index (χ4v) is 2.27. The summed E-state index contributed by atoms with van der Waals surface area (Å²) in [5.74, 6) is 0. The van der Waals surface area contributed by atoms with Crippen LogP contribution in [-0.4, -0.2) is 16.0 Å². The first-order chi connectivity index (χ1) is 6.84. The maximum atomic E-state index is 5.97. The Bertz CT molecular complexity index is 472. The maximum absolute atomic E-state index is 5.97. The molecule has 1 aliphatic carbocycles. The van der Waals surface area contributed by atoms with E-state index in [4.69, 9.17) is 5.73 Å². The van der Waals surface area contributed by atoms with E-state index in [9.17, 15) is 0 Å². The van der Waals surface area contributed by atoms with Crippen molar-refractivity contribution in [1.82, 2.24) is 9.97 Å². The van der Waals surface area contributed by atoms with Crippen LogP contribution in [0.5, 0.6) is 0 Å². The standard InChI is InChI=1S/C11H13N3/c12-7-3-4-10-9(6-7)8-2-1-5-13-11(8)14-10/h1-2,5,7H,3-4,6,12H2,(H,13,14). The lowest BCUT2D eigenvalue weighted by Gasteiger charge is -2.17. The molecule has 3 N–H and O–H groups in total. The summed E-state index contributed by atoms with van der Waals surface area (Å²) in [5.41, 5.74) is 9.69. The molecular weight excluding hydrogens is 174 g/mol. The number of H-pyrrole nitrogens is 1. The van der Waals surface area contributed by atoms with Crippen molar-refractivity contribution in [3.63, 3.8) is 0 Å². The summed E-state index contributed by atoms with van der Waals surface area (Å²) in [6, 6.07) is 4.42. The van der Waals surface area contributed by atoms with Gasteiger partial charge in [-0.1, -0.05) is 0 Å². The van der Waals surface area contributed by atoms with Crippen LogP contribution >= 0.6 is 0 Å². The first-order valence-electron chi connectivity index (χ1n) is 5.04. The number of fused-ring (bicyclic) bond motifs is 3. The van der Waals surface area contributed by atoms with Crippen LogP contribution in [0.4, 0.5) is 0 Å². The molecule has 2 heterocycles. The molecule has 0 radical (unpaired) electrons. The molecule has 1 aliphatic rings. The number of pyridine rings is 1. The van der Waals surface area contributed by atoms with Crippen LogP contribution < -0.4 is 5.73 Å². The highest BCUT2D eigenvalue weighted by Crippen LogP contribution is 2.27. The molecule has 0 amide bonds. The third-order valence-electron chi connectivity index (χ3n) is 3.00. The smallest absolute Gasteiger partial charge is 0.137 e. The first-order valence-corrected chi connectivity index (χ1v) is 5.04. The highest BCUT2D eigenvalue weighted by molar-refractivity contribution is 5.81. The number of nitrogens with two attached hydrogens (primary N) is 1. The van der Waals surface area contributed by atoms with E-state index < -0.39 is 0 Å². The van der Waals surface area contributed by atoms with Crippen molar-refractivity contribution in [2.24, 2.45) is 5.73 Å². The molecule has 0 fully saturated rings. The Morgan fingerprint density at radius 2 is 2.43 bits per heavy atom. The van der Waals surface area contributed by atoms with Gasteiger partial charge in [0.05, 0.1) is 0 Å². The van der Waals surface area contributed by atoms with Crippen molar-refractivity contribution in [3.05, 3.63) is 29.6 Å². The van der Waals surface area contributed by atoms with E-state index in [1.165, 1.54) is 16.6 Å². The molecule has 72 valence electrons. The molecule has 1 unspecified atom stereocenters. The van der Waals surface area contributed by atoms with Crippen molar-refractivity contribution >= 4 is 11.0 Å². The predicted octanol–water partition coefficient (Wildman–Crippen LogP) is 1.38. The van der Waals surface area contributed by atoms with Gasteiger partial charge in [-0.3, -0.25) is 0 Å². The summed E-state index contributed by atoms with van der Waals surface area (Å²) in [4.78, 5) is 7.68. The van der Waals surface area contributed by atoms with Crippen LogP contribution in [0, 0.1) is 0 Å². The largest absolute Gasteiger partial charge is 0.343 e. The lowest BCUT2D eigenvalue weighted by Crippen LogP contribution is -2.27. The number of aryl methyl sites for hydroxylation is 1. The molecule has 2 aromatic rings. The molecular formula is C11H13N3. The number of nitrogens with one attached hydrogen (secondary N) is 1. The van der Waals surface area contributed by atoms with Gasteiger partial charge in [0.25, 0.3) is 0 Å². The van der Waals surface area contributed by atoms with Crippen LogP contribution in [0.2, 0.25) is 0 Å². The molecule has 0 bridgehead atoms. The highest BCUT2D eigenvalue weighted by Gasteiger charge is 2.19. The quantitative estimate of drug-likeness (QED) is 0.654. The third kappa shape index (κ3) is 1.06. The molecule has 1 atom stereocenters. The molecule has 0 saturated heterocycles. The van der Waals surface area contributed by atoms with E-state index in [1.807, 2.05) is 12.3 Å². The fraction of sp³-hybridized carbons (Fsp3) is 0.364. The Labute approximate surface area is 82.3 Å². The summed E-state index contributed by atoms with van der Waals surface area (Å²) in [7, 11) is 0. The number of hydrogen-bond acceptors (Lipinski definition) is 2. The third-order valence-corrected chi connectivity index (χ3v) is 3.00. The van der Waals surface area contributed by atoms with Gasteiger partial charge in [-0.05, 0) is 37.0 Å². The molecule has 0 aromatic carbocycles. The van der Waals surface area contributed by atoms with Crippen LogP contribution in [0.15, 0.2) is 18.3 Å². The molecule has 3 heteroatoms. The van der Waals surface area contributed by atoms with Crippen LogP contribution in [0.25, 0.3) is 11.0 Å². The summed E-state index contributed by atoms with van der Waals surface area (Å²) in [6.45, 7) is 0. The monoisotopic (exact) mass is 187 g/mol. The maximum Gasteiger partial charge on any atom is 0.137 e. The first kappa shape index (κ1) is 8.00. The Balaban J connectivity index is 2.25. The van der Waals surface area contributed by atoms with E-state index in [0.29, 0.717) is 6.04 Å². The van der Waals surface area contributed by atoms with Crippen molar-refractivity contribution < 1.29 is 0 Å². The molecule has 0 saturated carbocycles. The van der Waals surface area contributed by atoms with Gasteiger partial charge in [-0.2, -0.15) is 0 Å². The predicted molar refractivity (Wildman–Crippen MR) is 56.1 cm³/mol. The Hall–Kier alpha value is -1.35. The molecule has 0 spiro atoms. The van der Waals surface area contributed by atoms with E-state index in [-0.39, 0.29) is 0 Å². The summed E-state index contributed by atoms with van der Waals surface area (Å²) in [5, 5.41) is 1.25. The number of rotatable bonds is 0. The zero-order valence-electron chi connectivity index (χ0n) is 7.96. The zero-order valence-corrected chi connectivity index (χ0v) is 7.96. The van der Waals surface area contributed by atoms with Crippen LogP contribution in [0.1, 0.15) is 17.7 Å². The van der Waals surface area contributed by atoms with Crippen molar-refractivity contribution in [3.8, 4) is 0 Å². The molecule has 2 aromatic heterocycles. The van der Waals surface area contributed by atoms with Gasteiger partial charge in [0.15, 0.2) is 0 Å². The van der Waals surface area contributed by atoms with Gasteiger partial charge in [0, 0.05) is 23.3 Å². The van der Waals surface area contributed by atoms with Crippen LogP contribution in [0.3, 0.4) is 0 Å². The lowest BCUT2D eigenvalue weighted by molar-refractivity contribution is 0.574. The van der Waals surface area contributed by atoms with E-state index in [1.54, 1.807) is 0 Å². The Morgan fingerprint density at radius 1 is 1.50 bits per heavy atom. The number of aromatic nitrogens is 2. The van der Waals surface area contributed by atoms with Gasteiger partial charge in [-0.15, -0.1) is 0 Å². The van der Waals surface area contributed by atoms with Gasteiger partial charge in [0.2, 0.25) is 0 Å². The minimum Gasteiger partial charge on any atom is -0.343 e. The van der Waals surface area contributed by atoms with Gasteiger partial charge in [-0.25, -0.2) is 4.98 Å². The SMILES string of the molecule is NC1CCc2[nH]c3ncccc3c2C1. The molecule has 3 rings (SSSR count). The van der Waals surface area contributed by atoms with Crippen molar-refractivity contribution in [1.29, 1.82) is 0 Å². The van der Waals surface area contributed by atoms with Gasteiger partial charge >= 0.3 is 0 Å². The van der Waals surface area contributed by atoms with Crippen LogP contribution in [-0.2, 0) is 12.8 Å². The van der Waals surface area contributed by atoms with Crippen molar-refractivity contribution in [2.75, 3.05) is 0 Å². The summed E-state index contributed by atoms with van der Waals surface area (Å²) < 4.78 is 0. The van der Waals surface area contributed by atoms with Gasteiger partial charge < -0.3 is 10.7 Å². The number of aromatic amines is 1. The second-order valence-corrected chi connectivity index (χ2v) is 3.98. The zero-order chi connectivity index (χ0) is 9.54. The second-order valence-electron chi connectivity index (χ2n) is 3.98. The molecule has 3 nitrogen and oxygen atoms in total. The van der Waals surface area contributed by atoms with E-state index in [2.05, 4.69) is 16.0 Å². The Morgan fingerprint density at radius 3 is 3.36 bits per heavy atom. The minimum atomic E-state index is 0.321. The van der Waals surface area contributed by atoms with E-state index >= 15 is 0 Å². The summed E-state index contributed by atoms with van der Waals surface area (Å²) in [6.07, 6.45) is 4.96. The molecule has 14 heavy (non-hydrogen) atoms. The number of hydrogen-bond donors (Lipinski definition) is 2. The number of nitrogens with zero attached hydrogens (tertiary/aromatic N) is 1. The topological polar surface area (TPSA) is 54.7 Å². The average molecular weight is 187 g/mol. The minimum absolute atomic E-state index is 0.321. The summed E-state index contributed by atoms with van der Waals surface area (Å²) >= 11 is 0. The fourth-order valence-electron chi connectivity index (χ4n) is 2.27.